The highest BCUT2D eigenvalue weighted by Crippen LogP contribution is 2.21. The Hall–Kier alpha value is -0.280. The van der Waals surface area contributed by atoms with E-state index in [0.29, 0.717) is 0 Å². The van der Waals surface area contributed by atoms with Crippen LogP contribution in [0, 0.1) is 0 Å². The van der Waals surface area contributed by atoms with Crippen molar-refractivity contribution in [3.63, 3.8) is 0 Å². The van der Waals surface area contributed by atoms with Crippen molar-refractivity contribution >= 4 is 0 Å². The molecule has 0 aromatic rings. The maximum atomic E-state index is 9.31. The van der Waals surface area contributed by atoms with Crippen LogP contribution in [0.5, 0.6) is 0 Å². The summed E-state index contributed by atoms with van der Waals surface area (Å²) in [5.74, 6) is 0. The first-order chi connectivity index (χ1) is 6.49. The van der Waals surface area contributed by atoms with E-state index >= 15 is 0 Å². The summed E-state index contributed by atoms with van der Waals surface area (Å²) < 4.78 is 4.62. The SMILES string of the molecule is OC[C@@H](O)[C@H]1O[C@H](O)[C@@H](O)[C@H](O)[C@@H]1O. The predicted molar refractivity (Wildman–Crippen MR) is 42.0 cm³/mol. The van der Waals surface area contributed by atoms with Gasteiger partial charge in [0.15, 0.2) is 6.29 Å². The predicted octanol–water partition coefficient (Wildman–Crippen LogP) is -3.86. The summed E-state index contributed by atoms with van der Waals surface area (Å²) in [6.07, 6.45) is -9.26. The lowest BCUT2D eigenvalue weighted by Crippen LogP contribution is -2.61. The molecule has 0 bridgehead atoms. The summed E-state index contributed by atoms with van der Waals surface area (Å²) >= 11 is 0. The van der Waals surface area contributed by atoms with E-state index in [1.54, 1.807) is 0 Å². The Balaban J connectivity index is 2.70. The van der Waals surface area contributed by atoms with Crippen molar-refractivity contribution in [3.8, 4) is 0 Å². The lowest BCUT2D eigenvalue weighted by Gasteiger charge is -2.39. The lowest BCUT2D eigenvalue weighted by atomic mass is 9.96. The van der Waals surface area contributed by atoms with E-state index in [1.165, 1.54) is 0 Å². The van der Waals surface area contributed by atoms with Crippen LogP contribution in [0.15, 0.2) is 0 Å². The minimum absolute atomic E-state index is 0.683. The number of rotatable bonds is 2. The van der Waals surface area contributed by atoms with E-state index in [4.69, 9.17) is 20.4 Å². The highest BCUT2D eigenvalue weighted by atomic mass is 16.6. The zero-order chi connectivity index (χ0) is 10.9. The molecule has 1 saturated heterocycles. The number of aliphatic hydroxyl groups is 6. The van der Waals surface area contributed by atoms with Gasteiger partial charge in [-0.25, -0.2) is 0 Å². The number of hydrogen-bond acceptors (Lipinski definition) is 7. The van der Waals surface area contributed by atoms with Gasteiger partial charge in [0, 0.05) is 0 Å². The molecule has 0 unspecified atom stereocenters. The first-order valence-electron chi connectivity index (χ1n) is 4.15. The molecule has 7 heteroatoms. The summed E-state index contributed by atoms with van der Waals surface area (Å²) in [5.41, 5.74) is 0. The third kappa shape index (κ3) is 2.04. The van der Waals surface area contributed by atoms with Gasteiger partial charge in [0.2, 0.25) is 0 Å². The van der Waals surface area contributed by atoms with Crippen molar-refractivity contribution in [2.45, 2.75) is 36.8 Å². The van der Waals surface area contributed by atoms with E-state index in [9.17, 15) is 10.2 Å². The van der Waals surface area contributed by atoms with E-state index in [1.807, 2.05) is 0 Å². The largest absolute Gasteiger partial charge is 0.394 e. The highest BCUT2D eigenvalue weighted by Gasteiger charge is 2.45. The summed E-state index contributed by atoms with van der Waals surface area (Å²) in [6, 6.07) is 0. The van der Waals surface area contributed by atoms with Crippen LogP contribution >= 0.6 is 0 Å². The number of ether oxygens (including phenoxy) is 1. The number of aliphatic hydroxyl groups excluding tert-OH is 6. The van der Waals surface area contributed by atoms with Gasteiger partial charge in [0.1, 0.15) is 30.5 Å². The van der Waals surface area contributed by atoms with Crippen LogP contribution in [0.3, 0.4) is 0 Å². The second kappa shape index (κ2) is 4.49. The van der Waals surface area contributed by atoms with Gasteiger partial charge in [0.25, 0.3) is 0 Å². The maximum Gasteiger partial charge on any atom is 0.184 e. The first kappa shape index (κ1) is 11.8. The van der Waals surface area contributed by atoms with Crippen LogP contribution in [0.1, 0.15) is 0 Å². The molecule has 1 rings (SSSR count). The Bertz CT molecular complexity index is 187. The van der Waals surface area contributed by atoms with Crippen molar-refractivity contribution in [3.05, 3.63) is 0 Å². The summed E-state index contributed by atoms with van der Waals surface area (Å²) in [4.78, 5) is 0. The van der Waals surface area contributed by atoms with Gasteiger partial charge in [-0.2, -0.15) is 0 Å². The summed E-state index contributed by atoms with van der Waals surface area (Å²) in [6.45, 7) is -0.683. The molecule has 0 amide bonds. The minimum Gasteiger partial charge on any atom is -0.394 e. The zero-order valence-corrected chi connectivity index (χ0v) is 7.26. The monoisotopic (exact) mass is 210 g/mol. The van der Waals surface area contributed by atoms with E-state index in [0.717, 1.165) is 0 Å². The quantitative estimate of drug-likeness (QED) is 0.275. The molecule has 6 atom stereocenters. The third-order valence-electron chi connectivity index (χ3n) is 2.19. The van der Waals surface area contributed by atoms with Crippen LogP contribution in [0.2, 0.25) is 0 Å². The molecule has 14 heavy (non-hydrogen) atoms. The molecule has 0 saturated carbocycles. The molecule has 0 aliphatic carbocycles. The molecule has 84 valence electrons. The van der Waals surface area contributed by atoms with E-state index < -0.39 is 43.4 Å². The van der Waals surface area contributed by atoms with Crippen molar-refractivity contribution in [2.24, 2.45) is 0 Å². The van der Waals surface area contributed by atoms with Crippen molar-refractivity contribution in [1.82, 2.24) is 0 Å². The lowest BCUT2D eigenvalue weighted by molar-refractivity contribution is -0.298. The van der Waals surface area contributed by atoms with Gasteiger partial charge >= 0.3 is 0 Å². The Labute approximate surface area is 79.8 Å². The molecule has 0 spiro atoms. The normalized spacial score (nSPS) is 46.3. The molecule has 0 aromatic carbocycles. The molecule has 0 radical (unpaired) electrons. The molecular weight excluding hydrogens is 196 g/mol. The Morgan fingerprint density at radius 1 is 1.00 bits per heavy atom. The Morgan fingerprint density at radius 2 is 1.57 bits per heavy atom. The van der Waals surface area contributed by atoms with Crippen LogP contribution in [0.25, 0.3) is 0 Å². The maximum absolute atomic E-state index is 9.31. The fraction of sp³-hybridized carbons (Fsp3) is 1.00. The van der Waals surface area contributed by atoms with Crippen LogP contribution in [-0.2, 0) is 4.74 Å². The first-order valence-corrected chi connectivity index (χ1v) is 4.15. The van der Waals surface area contributed by atoms with Gasteiger partial charge in [-0.15, -0.1) is 0 Å². The molecular formula is C7H14O7. The Morgan fingerprint density at radius 3 is 2.07 bits per heavy atom. The van der Waals surface area contributed by atoms with Gasteiger partial charge < -0.3 is 35.4 Å². The van der Waals surface area contributed by atoms with Crippen LogP contribution < -0.4 is 0 Å². The number of hydrogen-bond donors (Lipinski definition) is 6. The van der Waals surface area contributed by atoms with Crippen molar-refractivity contribution in [1.29, 1.82) is 0 Å². The van der Waals surface area contributed by atoms with Crippen molar-refractivity contribution < 1.29 is 35.4 Å². The molecule has 0 aromatic heterocycles. The average molecular weight is 210 g/mol. The zero-order valence-electron chi connectivity index (χ0n) is 7.26. The van der Waals surface area contributed by atoms with Gasteiger partial charge in [-0.05, 0) is 0 Å². The van der Waals surface area contributed by atoms with Crippen molar-refractivity contribution in [2.75, 3.05) is 6.61 Å². The second-order valence-corrected chi connectivity index (χ2v) is 3.21. The Kier molecular flexibility index (Phi) is 3.78. The van der Waals surface area contributed by atoms with Gasteiger partial charge in [0.05, 0.1) is 6.61 Å². The van der Waals surface area contributed by atoms with Crippen LogP contribution in [0.4, 0.5) is 0 Å². The summed E-state index contributed by atoms with van der Waals surface area (Å²) in [5, 5.41) is 54.3. The highest BCUT2D eigenvalue weighted by molar-refractivity contribution is 4.91. The third-order valence-corrected chi connectivity index (χ3v) is 2.19. The molecule has 7 nitrogen and oxygen atoms in total. The molecule has 1 heterocycles. The van der Waals surface area contributed by atoms with Gasteiger partial charge in [-0.1, -0.05) is 0 Å². The topological polar surface area (TPSA) is 131 Å². The molecule has 6 N–H and O–H groups in total. The fourth-order valence-electron chi connectivity index (χ4n) is 1.31. The molecule has 1 aliphatic heterocycles. The van der Waals surface area contributed by atoms with Crippen LogP contribution in [-0.4, -0.2) is 74.1 Å². The summed E-state index contributed by atoms with van der Waals surface area (Å²) in [7, 11) is 0. The smallest absolute Gasteiger partial charge is 0.184 e. The minimum atomic E-state index is -1.69. The molecule has 1 aliphatic rings. The van der Waals surface area contributed by atoms with Gasteiger partial charge in [-0.3, -0.25) is 0 Å². The standard InChI is InChI=1S/C7H14O7/c8-1-2(9)6-4(11)3(10)5(12)7(13)14-6/h2-13H,1H2/t2-,3-,4+,5+,6-,7+/m1/s1. The van der Waals surface area contributed by atoms with E-state index in [-0.39, 0.29) is 0 Å². The second-order valence-electron chi connectivity index (χ2n) is 3.21. The fourth-order valence-corrected chi connectivity index (χ4v) is 1.31. The molecule has 1 fully saturated rings. The van der Waals surface area contributed by atoms with E-state index in [2.05, 4.69) is 4.74 Å². The average Bonchev–Trinajstić information content (AvgIpc) is 2.19.